The molecule has 3 aromatic rings. The van der Waals surface area contributed by atoms with Crippen LogP contribution in [0.25, 0.3) is 5.69 Å². The summed E-state index contributed by atoms with van der Waals surface area (Å²) >= 11 is 0. The molecule has 0 atom stereocenters. The molecule has 0 radical (unpaired) electrons. The van der Waals surface area contributed by atoms with E-state index in [0.29, 0.717) is 11.3 Å². The van der Waals surface area contributed by atoms with Crippen LogP contribution < -0.4 is 5.32 Å². The molecule has 0 aliphatic carbocycles. The summed E-state index contributed by atoms with van der Waals surface area (Å²) in [5.74, 6) is -0.622. The third-order valence-corrected chi connectivity index (χ3v) is 3.23. The highest BCUT2D eigenvalue weighted by atomic mass is 19.1. The van der Waals surface area contributed by atoms with E-state index in [0.717, 1.165) is 5.69 Å². The average molecular weight is 295 g/mol. The molecule has 1 heterocycles. The molecule has 0 saturated heterocycles. The van der Waals surface area contributed by atoms with E-state index in [4.69, 9.17) is 0 Å². The van der Waals surface area contributed by atoms with E-state index >= 15 is 0 Å². The van der Waals surface area contributed by atoms with Gasteiger partial charge in [-0.15, -0.1) is 0 Å². The van der Waals surface area contributed by atoms with E-state index in [2.05, 4.69) is 10.4 Å². The van der Waals surface area contributed by atoms with Crippen LogP contribution in [0, 0.1) is 5.82 Å². The Bertz CT molecular complexity index is 767. The van der Waals surface area contributed by atoms with Gasteiger partial charge < -0.3 is 5.32 Å². The van der Waals surface area contributed by atoms with Crippen molar-refractivity contribution in [2.75, 3.05) is 5.32 Å². The lowest BCUT2D eigenvalue weighted by Gasteiger charge is -2.07. The molecule has 1 amide bonds. The number of nitrogens with one attached hydrogen (secondary N) is 1. The van der Waals surface area contributed by atoms with Crippen LogP contribution in [0.15, 0.2) is 67.0 Å². The molecule has 0 bridgehead atoms. The molecular weight excluding hydrogens is 281 g/mol. The van der Waals surface area contributed by atoms with E-state index in [1.54, 1.807) is 41.2 Å². The minimum atomic E-state index is -0.369. The number of amides is 1. The molecule has 0 saturated carbocycles. The van der Waals surface area contributed by atoms with Crippen molar-refractivity contribution in [1.82, 2.24) is 9.78 Å². The second kappa shape index (κ2) is 6.22. The zero-order chi connectivity index (χ0) is 15.4. The van der Waals surface area contributed by atoms with Crippen molar-refractivity contribution in [2.24, 2.45) is 0 Å². The molecule has 1 N–H and O–H groups in total. The number of anilines is 1. The molecule has 110 valence electrons. The van der Waals surface area contributed by atoms with Gasteiger partial charge in [-0.25, -0.2) is 9.07 Å². The summed E-state index contributed by atoms with van der Waals surface area (Å²) in [7, 11) is 0. The molecule has 4 nitrogen and oxygen atoms in total. The maximum atomic E-state index is 13.5. The van der Waals surface area contributed by atoms with Crippen LogP contribution in [0.3, 0.4) is 0 Å². The minimum Gasteiger partial charge on any atom is -0.326 e. The third kappa shape index (κ3) is 3.20. The number of hydrogen-bond donors (Lipinski definition) is 1. The van der Waals surface area contributed by atoms with E-state index in [1.807, 2.05) is 24.4 Å². The molecule has 22 heavy (non-hydrogen) atoms. The summed E-state index contributed by atoms with van der Waals surface area (Å²) in [6, 6.07) is 15.4. The fourth-order valence-electron chi connectivity index (χ4n) is 2.14. The zero-order valence-electron chi connectivity index (χ0n) is 11.7. The van der Waals surface area contributed by atoms with Crippen molar-refractivity contribution in [3.63, 3.8) is 0 Å². The van der Waals surface area contributed by atoms with Crippen LogP contribution in [0.4, 0.5) is 10.1 Å². The second-order valence-corrected chi connectivity index (χ2v) is 4.81. The van der Waals surface area contributed by atoms with Crippen LogP contribution in [0.5, 0.6) is 0 Å². The highest BCUT2D eigenvalue weighted by Gasteiger charge is 2.08. The molecule has 2 aromatic carbocycles. The van der Waals surface area contributed by atoms with Crippen molar-refractivity contribution >= 4 is 11.6 Å². The highest BCUT2D eigenvalue weighted by Crippen LogP contribution is 2.14. The lowest BCUT2D eigenvalue weighted by molar-refractivity contribution is -0.115. The summed E-state index contributed by atoms with van der Waals surface area (Å²) in [6.07, 6.45) is 3.55. The van der Waals surface area contributed by atoms with Gasteiger partial charge in [0.25, 0.3) is 0 Å². The smallest absolute Gasteiger partial charge is 0.228 e. The average Bonchev–Trinajstić information content (AvgIpc) is 3.05. The van der Waals surface area contributed by atoms with Gasteiger partial charge in [0, 0.05) is 18.1 Å². The number of hydrogen-bond acceptors (Lipinski definition) is 2. The lowest BCUT2D eigenvalue weighted by Crippen LogP contribution is -2.15. The van der Waals surface area contributed by atoms with E-state index in [-0.39, 0.29) is 18.1 Å². The molecular formula is C17H14FN3O. The number of halogens is 1. The quantitative estimate of drug-likeness (QED) is 0.803. The Morgan fingerprint density at radius 1 is 1.09 bits per heavy atom. The van der Waals surface area contributed by atoms with Crippen LogP contribution in [0.2, 0.25) is 0 Å². The minimum absolute atomic E-state index is 0.00752. The van der Waals surface area contributed by atoms with Crippen LogP contribution in [-0.2, 0) is 11.2 Å². The number of carbonyl (C=O) groups excluding carboxylic acids is 1. The van der Waals surface area contributed by atoms with Gasteiger partial charge >= 0.3 is 0 Å². The maximum Gasteiger partial charge on any atom is 0.228 e. The predicted molar refractivity (Wildman–Crippen MR) is 82.3 cm³/mol. The Morgan fingerprint density at radius 2 is 1.86 bits per heavy atom. The SMILES string of the molecule is O=C(Cc1ccccc1F)Nc1ccc(-n2cccn2)cc1. The highest BCUT2D eigenvalue weighted by molar-refractivity contribution is 5.92. The first-order valence-electron chi connectivity index (χ1n) is 6.86. The Kier molecular flexibility index (Phi) is 3.96. The number of benzene rings is 2. The summed E-state index contributed by atoms with van der Waals surface area (Å²) in [6.45, 7) is 0. The van der Waals surface area contributed by atoms with Crippen LogP contribution >= 0.6 is 0 Å². The van der Waals surface area contributed by atoms with Gasteiger partial charge in [-0.2, -0.15) is 5.10 Å². The summed E-state index contributed by atoms with van der Waals surface area (Å²) in [5.41, 5.74) is 1.95. The Balaban J connectivity index is 1.66. The first-order valence-corrected chi connectivity index (χ1v) is 6.86. The fraction of sp³-hybridized carbons (Fsp3) is 0.0588. The van der Waals surface area contributed by atoms with Gasteiger partial charge in [0.15, 0.2) is 0 Å². The normalized spacial score (nSPS) is 10.4. The molecule has 0 aliphatic heterocycles. The second-order valence-electron chi connectivity index (χ2n) is 4.81. The summed E-state index contributed by atoms with van der Waals surface area (Å²) < 4.78 is 15.2. The largest absolute Gasteiger partial charge is 0.326 e. The first-order chi connectivity index (χ1) is 10.7. The number of nitrogens with zero attached hydrogens (tertiary/aromatic N) is 2. The summed E-state index contributed by atoms with van der Waals surface area (Å²) in [4.78, 5) is 12.0. The van der Waals surface area contributed by atoms with E-state index in [9.17, 15) is 9.18 Å². The van der Waals surface area contributed by atoms with Crippen LogP contribution in [0.1, 0.15) is 5.56 Å². The van der Waals surface area contributed by atoms with Gasteiger partial charge in [0.05, 0.1) is 12.1 Å². The Labute approximate surface area is 127 Å². The lowest BCUT2D eigenvalue weighted by atomic mass is 10.1. The van der Waals surface area contributed by atoms with Gasteiger partial charge in [-0.05, 0) is 42.0 Å². The van der Waals surface area contributed by atoms with Crippen molar-refractivity contribution in [1.29, 1.82) is 0 Å². The van der Waals surface area contributed by atoms with Crippen molar-refractivity contribution < 1.29 is 9.18 Å². The first kappa shape index (κ1) is 14.0. The van der Waals surface area contributed by atoms with Gasteiger partial charge in [-0.3, -0.25) is 4.79 Å². The van der Waals surface area contributed by atoms with Crippen LogP contribution in [-0.4, -0.2) is 15.7 Å². The van der Waals surface area contributed by atoms with Gasteiger partial charge in [-0.1, -0.05) is 18.2 Å². The van der Waals surface area contributed by atoms with E-state index in [1.165, 1.54) is 6.07 Å². The van der Waals surface area contributed by atoms with Crippen molar-refractivity contribution in [2.45, 2.75) is 6.42 Å². The Hall–Kier alpha value is -2.95. The molecule has 0 spiro atoms. The molecule has 0 aliphatic rings. The molecule has 5 heteroatoms. The predicted octanol–water partition coefficient (Wildman–Crippen LogP) is 3.19. The van der Waals surface area contributed by atoms with Crippen molar-refractivity contribution in [3.8, 4) is 5.69 Å². The molecule has 1 aromatic heterocycles. The topological polar surface area (TPSA) is 46.9 Å². The Morgan fingerprint density at radius 3 is 2.55 bits per heavy atom. The standard InChI is InChI=1S/C17H14FN3O/c18-16-5-2-1-4-13(16)12-17(22)20-14-6-8-15(9-7-14)21-11-3-10-19-21/h1-11H,12H2,(H,20,22). The third-order valence-electron chi connectivity index (χ3n) is 3.23. The molecule has 0 unspecified atom stereocenters. The zero-order valence-corrected chi connectivity index (χ0v) is 11.7. The van der Waals surface area contributed by atoms with E-state index < -0.39 is 0 Å². The monoisotopic (exact) mass is 295 g/mol. The number of carbonyl (C=O) groups is 1. The summed E-state index contributed by atoms with van der Waals surface area (Å²) in [5, 5.41) is 6.89. The maximum absolute atomic E-state index is 13.5. The van der Waals surface area contributed by atoms with Gasteiger partial charge in [0.1, 0.15) is 5.82 Å². The van der Waals surface area contributed by atoms with Crippen molar-refractivity contribution in [3.05, 3.63) is 78.4 Å². The van der Waals surface area contributed by atoms with Gasteiger partial charge in [0.2, 0.25) is 5.91 Å². The molecule has 3 rings (SSSR count). The number of rotatable bonds is 4. The molecule has 0 fully saturated rings. The number of aromatic nitrogens is 2. The fourth-order valence-corrected chi connectivity index (χ4v) is 2.14.